The van der Waals surface area contributed by atoms with Gasteiger partial charge in [-0.05, 0) is 61.5 Å². The molecule has 2 unspecified atom stereocenters. The maximum absolute atomic E-state index is 3.68. The van der Waals surface area contributed by atoms with Gasteiger partial charge in [0, 0.05) is 6.54 Å². The Labute approximate surface area is 111 Å². The van der Waals surface area contributed by atoms with Gasteiger partial charge in [0.2, 0.25) is 0 Å². The summed E-state index contributed by atoms with van der Waals surface area (Å²) in [6.07, 6.45) is 6.96. The van der Waals surface area contributed by atoms with E-state index in [0.29, 0.717) is 5.41 Å². The van der Waals surface area contributed by atoms with E-state index in [2.05, 4.69) is 42.6 Å². The van der Waals surface area contributed by atoms with Crippen LogP contribution in [0.1, 0.15) is 38.2 Å². The monoisotopic (exact) mass is 243 g/mol. The molecule has 98 valence electrons. The normalized spacial score (nSPS) is 33.4. The lowest BCUT2D eigenvalue weighted by Crippen LogP contribution is -2.35. The Bertz CT molecular complexity index is 374. The molecule has 3 rings (SSSR count). The molecule has 2 fully saturated rings. The number of hydrogen-bond acceptors (Lipinski definition) is 1. The van der Waals surface area contributed by atoms with Crippen LogP contribution in [-0.2, 0) is 6.42 Å². The van der Waals surface area contributed by atoms with Gasteiger partial charge in [-0.2, -0.15) is 0 Å². The molecular formula is C17H25N. The molecule has 1 heteroatoms. The van der Waals surface area contributed by atoms with E-state index in [1.807, 2.05) is 0 Å². The number of nitrogens with one attached hydrogen (secondary N) is 1. The average Bonchev–Trinajstić information content (AvgIpc) is 2.99. The molecule has 0 bridgehead atoms. The zero-order chi connectivity index (χ0) is 12.4. The molecule has 2 aliphatic rings. The zero-order valence-corrected chi connectivity index (χ0v) is 11.5. The molecule has 2 atom stereocenters. The molecule has 1 aromatic carbocycles. The number of fused-ring (bicyclic) bond motifs is 1. The quantitative estimate of drug-likeness (QED) is 0.752. The first-order valence-electron chi connectivity index (χ1n) is 7.56. The summed E-state index contributed by atoms with van der Waals surface area (Å²) in [5, 5.41) is 3.68. The second-order valence-electron chi connectivity index (χ2n) is 6.50. The third-order valence-electron chi connectivity index (χ3n) is 4.81. The van der Waals surface area contributed by atoms with Gasteiger partial charge in [-0.15, -0.1) is 0 Å². The molecule has 2 aliphatic carbocycles. The maximum atomic E-state index is 3.68. The molecule has 0 saturated heterocycles. The lowest BCUT2D eigenvalue weighted by Gasteiger charge is -2.31. The van der Waals surface area contributed by atoms with E-state index in [0.717, 1.165) is 11.8 Å². The van der Waals surface area contributed by atoms with E-state index in [-0.39, 0.29) is 0 Å². The van der Waals surface area contributed by atoms with Crippen molar-refractivity contribution >= 4 is 0 Å². The van der Waals surface area contributed by atoms with Crippen molar-refractivity contribution in [3.05, 3.63) is 35.9 Å². The van der Waals surface area contributed by atoms with Crippen molar-refractivity contribution in [2.45, 2.75) is 39.0 Å². The van der Waals surface area contributed by atoms with E-state index >= 15 is 0 Å². The molecule has 18 heavy (non-hydrogen) atoms. The molecule has 0 amide bonds. The van der Waals surface area contributed by atoms with Crippen LogP contribution in [0.15, 0.2) is 30.3 Å². The lowest BCUT2D eigenvalue weighted by molar-refractivity contribution is 0.249. The summed E-state index contributed by atoms with van der Waals surface area (Å²) >= 11 is 0. The van der Waals surface area contributed by atoms with Crippen molar-refractivity contribution in [3.63, 3.8) is 0 Å². The average molecular weight is 243 g/mol. The SMILES string of the molecule is CCCNCC1(Cc2ccccc2)CC2CC2C1. The molecule has 0 spiro atoms. The molecule has 1 nitrogen and oxygen atoms in total. The van der Waals surface area contributed by atoms with E-state index < -0.39 is 0 Å². The van der Waals surface area contributed by atoms with Crippen LogP contribution >= 0.6 is 0 Å². The smallest absolute Gasteiger partial charge is 0.00112 e. The largest absolute Gasteiger partial charge is 0.316 e. The molecule has 0 heterocycles. The number of hydrogen-bond donors (Lipinski definition) is 1. The highest BCUT2D eigenvalue weighted by Gasteiger charge is 2.53. The van der Waals surface area contributed by atoms with Gasteiger partial charge in [0.1, 0.15) is 0 Å². The van der Waals surface area contributed by atoms with Crippen LogP contribution < -0.4 is 5.32 Å². The molecule has 0 radical (unpaired) electrons. The molecule has 1 aromatic rings. The van der Waals surface area contributed by atoms with Crippen LogP contribution in [-0.4, -0.2) is 13.1 Å². The Morgan fingerprint density at radius 2 is 1.89 bits per heavy atom. The minimum atomic E-state index is 0.560. The van der Waals surface area contributed by atoms with Gasteiger partial charge in [-0.25, -0.2) is 0 Å². The first-order valence-corrected chi connectivity index (χ1v) is 7.56. The second kappa shape index (κ2) is 5.05. The van der Waals surface area contributed by atoms with Gasteiger partial charge < -0.3 is 5.32 Å². The van der Waals surface area contributed by atoms with Crippen molar-refractivity contribution in [1.82, 2.24) is 5.32 Å². The second-order valence-corrected chi connectivity index (χ2v) is 6.50. The fourth-order valence-electron chi connectivity index (χ4n) is 3.92. The predicted octanol–water partition coefficient (Wildman–Crippen LogP) is 3.65. The minimum absolute atomic E-state index is 0.560. The summed E-state index contributed by atoms with van der Waals surface area (Å²) in [5.41, 5.74) is 2.08. The van der Waals surface area contributed by atoms with E-state index in [4.69, 9.17) is 0 Å². The maximum Gasteiger partial charge on any atom is 0.00112 e. The molecular weight excluding hydrogens is 218 g/mol. The van der Waals surface area contributed by atoms with Crippen LogP contribution in [0.4, 0.5) is 0 Å². The highest BCUT2D eigenvalue weighted by atomic mass is 14.9. The van der Waals surface area contributed by atoms with Crippen LogP contribution in [0.3, 0.4) is 0 Å². The summed E-state index contributed by atoms with van der Waals surface area (Å²) in [4.78, 5) is 0. The summed E-state index contributed by atoms with van der Waals surface area (Å²) in [6.45, 7) is 4.65. The first-order chi connectivity index (χ1) is 8.81. The fraction of sp³-hybridized carbons (Fsp3) is 0.647. The molecule has 1 N–H and O–H groups in total. The Balaban J connectivity index is 1.66. The minimum Gasteiger partial charge on any atom is -0.316 e. The third kappa shape index (κ3) is 2.61. The standard InChI is InChI=1S/C17H25N/c1-2-8-18-13-17(11-15-9-16(15)12-17)10-14-6-4-3-5-7-14/h3-7,15-16,18H,2,8-13H2,1H3. The van der Waals surface area contributed by atoms with Gasteiger partial charge >= 0.3 is 0 Å². The van der Waals surface area contributed by atoms with E-state index in [1.54, 1.807) is 0 Å². The van der Waals surface area contributed by atoms with Crippen molar-refractivity contribution in [3.8, 4) is 0 Å². The van der Waals surface area contributed by atoms with Gasteiger partial charge in [0.05, 0.1) is 0 Å². The third-order valence-corrected chi connectivity index (χ3v) is 4.81. The van der Waals surface area contributed by atoms with Crippen molar-refractivity contribution in [2.24, 2.45) is 17.3 Å². The highest BCUT2D eigenvalue weighted by molar-refractivity contribution is 5.19. The van der Waals surface area contributed by atoms with Crippen molar-refractivity contribution in [1.29, 1.82) is 0 Å². The highest BCUT2D eigenvalue weighted by Crippen LogP contribution is 2.60. The summed E-state index contributed by atoms with van der Waals surface area (Å²) in [7, 11) is 0. The van der Waals surface area contributed by atoms with Gasteiger partial charge in [0.25, 0.3) is 0 Å². The number of benzene rings is 1. The van der Waals surface area contributed by atoms with Gasteiger partial charge in [0.15, 0.2) is 0 Å². The van der Waals surface area contributed by atoms with Crippen LogP contribution in [0.2, 0.25) is 0 Å². The van der Waals surface area contributed by atoms with E-state index in [9.17, 15) is 0 Å². The Hall–Kier alpha value is -0.820. The predicted molar refractivity (Wildman–Crippen MR) is 76.6 cm³/mol. The zero-order valence-electron chi connectivity index (χ0n) is 11.5. The Kier molecular flexibility index (Phi) is 3.43. The summed E-state index contributed by atoms with van der Waals surface area (Å²) in [5.74, 6) is 2.13. The summed E-state index contributed by atoms with van der Waals surface area (Å²) < 4.78 is 0. The van der Waals surface area contributed by atoms with Gasteiger partial charge in [-0.3, -0.25) is 0 Å². The van der Waals surface area contributed by atoms with Crippen molar-refractivity contribution in [2.75, 3.05) is 13.1 Å². The topological polar surface area (TPSA) is 12.0 Å². The van der Waals surface area contributed by atoms with Crippen LogP contribution in [0, 0.1) is 17.3 Å². The molecule has 0 aliphatic heterocycles. The molecule has 2 saturated carbocycles. The first kappa shape index (κ1) is 12.2. The fourth-order valence-corrected chi connectivity index (χ4v) is 3.92. The number of rotatable bonds is 6. The Morgan fingerprint density at radius 1 is 1.17 bits per heavy atom. The van der Waals surface area contributed by atoms with Crippen molar-refractivity contribution < 1.29 is 0 Å². The summed E-state index contributed by atoms with van der Waals surface area (Å²) in [6, 6.07) is 11.1. The van der Waals surface area contributed by atoms with Gasteiger partial charge in [-0.1, -0.05) is 37.3 Å². The Morgan fingerprint density at radius 3 is 2.56 bits per heavy atom. The van der Waals surface area contributed by atoms with E-state index in [1.165, 1.54) is 50.8 Å². The van der Waals surface area contributed by atoms with Crippen LogP contribution in [0.25, 0.3) is 0 Å². The lowest BCUT2D eigenvalue weighted by atomic mass is 9.77. The van der Waals surface area contributed by atoms with Crippen LogP contribution in [0.5, 0.6) is 0 Å². The molecule has 0 aromatic heterocycles.